The Hall–Kier alpha value is -2.46. The number of hydrazine groups is 1. The van der Waals surface area contributed by atoms with Crippen LogP contribution in [0.25, 0.3) is 0 Å². The fourth-order valence-electron chi connectivity index (χ4n) is 3.05. The molecule has 3 rings (SSSR count). The average Bonchev–Trinajstić information content (AvgIpc) is 3.32. The third-order valence-electron chi connectivity index (χ3n) is 4.62. The van der Waals surface area contributed by atoms with Gasteiger partial charge in [0.2, 0.25) is 5.78 Å². The lowest BCUT2D eigenvalue weighted by molar-refractivity contribution is 0.103. The van der Waals surface area contributed by atoms with Crippen LogP contribution in [0.4, 0.5) is 10.1 Å². The minimum Gasteiger partial charge on any atom is -0.307 e. The summed E-state index contributed by atoms with van der Waals surface area (Å²) >= 11 is 0. The molecule has 0 spiro atoms. The summed E-state index contributed by atoms with van der Waals surface area (Å²) in [6, 6.07) is 2.23. The summed E-state index contributed by atoms with van der Waals surface area (Å²) in [4.78, 5) is 24.7. The zero-order valence-electron chi connectivity index (χ0n) is 15.2. The number of hydrogen-bond donors (Lipinski definition) is 2. The number of rotatable bonds is 6. The van der Waals surface area contributed by atoms with E-state index in [1.807, 2.05) is 0 Å². The van der Waals surface area contributed by atoms with E-state index < -0.39 is 32.6 Å². The minimum absolute atomic E-state index is 0.194. The first-order valence-electron chi connectivity index (χ1n) is 8.37. The van der Waals surface area contributed by atoms with Gasteiger partial charge in [0.05, 0.1) is 10.5 Å². The zero-order chi connectivity index (χ0) is 20.1. The molecule has 1 fully saturated rings. The highest BCUT2D eigenvalue weighted by molar-refractivity contribution is 7.90. The van der Waals surface area contributed by atoms with Gasteiger partial charge in [-0.25, -0.2) is 18.7 Å². The first kappa shape index (κ1) is 19.3. The van der Waals surface area contributed by atoms with Gasteiger partial charge in [0.15, 0.2) is 15.7 Å². The van der Waals surface area contributed by atoms with Crippen molar-refractivity contribution in [3.63, 3.8) is 0 Å². The van der Waals surface area contributed by atoms with Gasteiger partial charge < -0.3 is 5.01 Å². The summed E-state index contributed by atoms with van der Waals surface area (Å²) < 4.78 is 40.5. The van der Waals surface area contributed by atoms with Crippen LogP contribution in [0.3, 0.4) is 0 Å². The number of nitrogens with two attached hydrogens (primary N) is 1. The van der Waals surface area contributed by atoms with Crippen molar-refractivity contribution in [1.29, 1.82) is 0 Å². The summed E-state index contributed by atoms with van der Waals surface area (Å²) in [5.74, 6) is 4.34. The number of carbonyl (C=O) groups excluding carboxylic acids is 1. The maximum Gasteiger partial charge on any atom is 0.277 e. The number of hydrogen-bond acceptors (Lipinski definition) is 6. The monoisotopic (exact) mass is 396 g/mol. The Morgan fingerprint density at radius 2 is 2.04 bits per heavy atom. The van der Waals surface area contributed by atoms with E-state index in [-0.39, 0.29) is 28.6 Å². The lowest BCUT2D eigenvalue weighted by Crippen LogP contribution is -2.35. The second kappa shape index (κ2) is 6.61. The lowest BCUT2D eigenvalue weighted by atomic mass is 10.0. The topological polar surface area (TPSA) is 118 Å². The molecule has 1 aromatic carbocycles. The summed E-state index contributed by atoms with van der Waals surface area (Å²) in [6.07, 6.45) is 2.81. The quantitative estimate of drug-likeness (QED) is 0.425. The lowest BCUT2D eigenvalue weighted by Gasteiger charge is -2.22. The Morgan fingerprint density at radius 3 is 2.52 bits per heavy atom. The number of benzene rings is 1. The second-order valence-corrected chi connectivity index (χ2v) is 8.93. The minimum atomic E-state index is -3.78. The number of nitrogens with one attached hydrogen (secondary N) is 1. The first-order valence-corrected chi connectivity index (χ1v) is 10.3. The zero-order valence-corrected chi connectivity index (χ0v) is 16.1. The maximum absolute atomic E-state index is 15.3. The van der Waals surface area contributed by atoms with Gasteiger partial charge in [0.1, 0.15) is 11.3 Å². The molecule has 2 aromatic rings. The molecule has 0 amide bonds. The van der Waals surface area contributed by atoms with Crippen LogP contribution in [0.2, 0.25) is 0 Å². The predicted octanol–water partition coefficient (Wildman–Crippen LogP) is 0.886. The van der Waals surface area contributed by atoms with Crippen molar-refractivity contribution in [1.82, 2.24) is 9.78 Å². The fraction of sp³-hybridized carbons (Fsp3) is 0.412. The van der Waals surface area contributed by atoms with Crippen LogP contribution < -0.4 is 16.4 Å². The number of aromatic nitrogens is 2. The number of nitrogens with zero attached hydrogens (tertiary/aromatic N) is 2. The third-order valence-corrected chi connectivity index (χ3v) is 5.75. The van der Waals surface area contributed by atoms with Crippen molar-refractivity contribution >= 4 is 21.3 Å². The van der Waals surface area contributed by atoms with E-state index in [1.165, 1.54) is 14.0 Å². The molecule has 0 unspecified atom stereocenters. The highest BCUT2D eigenvalue weighted by atomic mass is 32.2. The number of sulfone groups is 1. The molecule has 1 saturated carbocycles. The van der Waals surface area contributed by atoms with Crippen LogP contribution in [0.1, 0.15) is 34.5 Å². The van der Waals surface area contributed by atoms with Crippen LogP contribution >= 0.6 is 0 Å². The van der Waals surface area contributed by atoms with E-state index >= 15 is 4.39 Å². The summed E-state index contributed by atoms with van der Waals surface area (Å²) in [7, 11) is -2.34. The van der Waals surface area contributed by atoms with E-state index in [0.29, 0.717) is 5.69 Å². The van der Waals surface area contributed by atoms with Gasteiger partial charge >= 0.3 is 0 Å². The van der Waals surface area contributed by atoms with Gasteiger partial charge in [-0.05, 0) is 37.8 Å². The highest BCUT2D eigenvalue weighted by Crippen LogP contribution is 2.35. The van der Waals surface area contributed by atoms with Crippen molar-refractivity contribution in [3.05, 3.63) is 45.1 Å². The number of anilines is 1. The normalized spacial score (nSPS) is 14.4. The van der Waals surface area contributed by atoms with Gasteiger partial charge in [0, 0.05) is 25.5 Å². The third kappa shape index (κ3) is 3.54. The van der Waals surface area contributed by atoms with Gasteiger partial charge in [-0.15, -0.1) is 0 Å². The van der Waals surface area contributed by atoms with Crippen molar-refractivity contribution < 1.29 is 17.6 Å². The number of carbonyl (C=O) groups is 1. The molecule has 0 radical (unpaired) electrons. The van der Waals surface area contributed by atoms with Crippen molar-refractivity contribution in [2.45, 2.75) is 24.7 Å². The van der Waals surface area contributed by atoms with Crippen molar-refractivity contribution in [2.24, 2.45) is 18.8 Å². The Morgan fingerprint density at radius 1 is 1.41 bits per heavy atom. The number of aryl methyl sites for hydroxylation is 2. The Bertz CT molecular complexity index is 1080. The average molecular weight is 396 g/mol. The van der Waals surface area contributed by atoms with Crippen LogP contribution in [-0.4, -0.2) is 36.8 Å². The number of aromatic amines is 1. The molecular weight excluding hydrogens is 375 g/mol. The van der Waals surface area contributed by atoms with Crippen molar-refractivity contribution in [3.8, 4) is 0 Å². The largest absolute Gasteiger partial charge is 0.307 e. The molecule has 10 heteroatoms. The van der Waals surface area contributed by atoms with Gasteiger partial charge in [0.25, 0.3) is 5.56 Å². The predicted molar refractivity (Wildman–Crippen MR) is 98.0 cm³/mol. The molecule has 1 aromatic heterocycles. The summed E-state index contributed by atoms with van der Waals surface area (Å²) in [5.41, 5.74) is -1.24. The molecule has 146 valence electrons. The molecular formula is C17H21FN4O4S. The van der Waals surface area contributed by atoms with E-state index in [4.69, 9.17) is 5.84 Å². The van der Waals surface area contributed by atoms with Crippen LogP contribution in [0.15, 0.2) is 21.8 Å². The molecule has 1 aliphatic rings. The molecule has 0 saturated heterocycles. The summed E-state index contributed by atoms with van der Waals surface area (Å²) in [5, 5.41) is 3.73. The van der Waals surface area contributed by atoms with Crippen LogP contribution in [0.5, 0.6) is 0 Å². The smallest absolute Gasteiger partial charge is 0.277 e. The van der Waals surface area contributed by atoms with Gasteiger partial charge in [-0.3, -0.25) is 19.4 Å². The van der Waals surface area contributed by atoms with E-state index in [1.54, 1.807) is 0 Å². The maximum atomic E-state index is 15.3. The molecule has 1 aliphatic carbocycles. The van der Waals surface area contributed by atoms with E-state index in [0.717, 1.165) is 40.9 Å². The highest BCUT2D eigenvalue weighted by Gasteiger charge is 2.31. The van der Waals surface area contributed by atoms with Crippen LogP contribution in [0, 0.1) is 18.7 Å². The molecule has 27 heavy (non-hydrogen) atoms. The Balaban J connectivity index is 2.17. The molecule has 0 aliphatic heterocycles. The SMILES string of the molecule is Cc1[nH]n(C)c(=O)c1C(=O)c1ccc(S(C)(=O)=O)c(N(N)CC2CC2)c1F. The molecule has 8 nitrogen and oxygen atoms in total. The molecule has 0 atom stereocenters. The number of halogens is 1. The summed E-state index contributed by atoms with van der Waals surface area (Å²) in [6.45, 7) is 1.81. The molecule has 1 heterocycles. The Labute approximate surface area is 155 Å². The standard InChI is InChI=1S/C17H21FN4O4S/c1-9-13(17(24)21(2)20-9)16(23)11-6-7-12(27(3,25)26)15(14(11)18)22(19)8-10-4-5-10/h6-7,10,20H,4-5,8,19H2,1-3H3. The number of ketones is 1. The molecule has 0 bridgehead atoms. The fourth-order valence-corrected chi connectivity index (χ4v) is 3.92. The van der Waals surface area contributed by atoms with Gasteiger partial charge in [-0.1, -0.05) is 0 Å². The van der Waals surface area contributed by atoms with E-state index in [9.17, 15) is 18.0 Å². The second-order valence-electron chi connectivity index (χ2n) is 6.95. The first-order chi connectivity index (χ1) is 12.5. The van der Waals surface area contributed by atoms with E-state index in [2.05, 4.69) is 5.10 Å². The van der Waals surface area contributed by atoms with Gasteiger partial charge in [-0.2, -0.15) is 0 Å². The van der Waals surface area contributed by atoms with Crippen molar-refractivity contribution in [2.75, 3.05) is 17.8 Å². The molecule has 3 N–H and O–H groups in total. The number of H-pyrrole nitrogens is 1. The van der Waals surface area contributed by atoms with Crippen LogP contribution in [-0.2, 0) is 16.9 Å². The Kier molecular flexibility index (Phi) is 4.73.